The van der Waals surface area contributed by atoms with E-state index >= 15 is 0 Å². The molecule has 2 rings (SSSR count). The average Bonchev–Trinajstić information content (AvgIpc) is 2.66. The van der Waals surface area contributed by atoms with Gasteiger partial charge in [0.15, 0.2) is 0 Å². The van der Waals surface area contributed by atoms with Crippen LogP contribution in [0.5, 0.6) is 5.75 Å². The lowest BCUT2D eigenvalue weighted by molar-refractivity contribution is 0.0707. The Balaban J connectivity index is 2.28. The van der Waals surface area contributed by atoms with Crippen molar-refractivity contribution in [1.82, 2.24) is 4.90 Å². The van der Waals surface area contributed by atoms with Crippen LogP contribution < -0.4 is 10.1 Å². The normalized spacial score (nSPS) is 10.2. The van der Waals surface area contributed by atoms with E-state index in [-0.39, 0.29) is 19.1 Å². The molecule has 0 radical (unpaired) electrons. The number of carbonyl (C=O) groups is 1. The number of hydrogen-bond donors (Lipinski definition) is 2. The molecule has 0 unspecified atom stereocenters. The molecule has 0 heterocycles. The maximum Gasteiger partial charge on any atom is 0.256 e. The summed E-state index contributed by atoms with van der Waals surface area (Å²) in [7, 11) is 1.60. The molecule has 5 nitrogen and oxygen atoms in total. The number of anilines is 1. The largest absolute Gasteiger partial charge is 0.496 e. The lowest BCUT2D eigenvalue weighted by Crippen LogP contribution is -2.33. The highest BCUT2D eigenvalue weighted by Crippen LogP contribution is 2.22. The molecule has 1 amide bonds. The van der Waals surface area contributed by atoms with E-state index in [1.54, 1.807) is 24.2 Å². The summed E-state index contributed by atoms with van der Waals surface area (Å²) < 4.78 is 5.36. The number of benzene rings is 2. The molecule has 5 heteroatoms. The van der Waals surface area contributed by atoms with E-state index in [0.717, 1.165) is 17.0 Å². The fourth-order valence-corrected chi connectivity index (χ4v) is 2.59. The van der Waals surface area contributed by atoms with Crippen molar-refractivity contribution >= 4 is 11.6 Å². The first-order valence-corrected chi connectivity index (χ1v) is 8.17. The zero-order valence-electron chi connectivity index (χ0n) is 14.4. The van der Waals surface area contributed by atoms with Crippen LogP contribution >= 0.6 is 0 Å². The number of methoxy groups -OCH3 is 1. The van der Waals surface area contributed by atoms with Gasteiger partial charge >= 0.3 is 0 Å². The van der Waals surface area contributed by atoms with Crippen molar-refractivity contribution in [2.45, 2.75) is 6.54 Å². The minimum atomic E-state index is -0.146. The van der Waals surface area contributed by atoms with Crippen LogP contribution in [0.15, 0.2) is 61.2 Å². The van der Waals surface area contributed by atoms with E-state index < -0.39 is 0 Å². The Morgan fingerprint density at radius 1 is 1.24 bits per heavy atom. The molecule has 0 aliphatic heterocycles. The number of aliphatic hydroxyl groups is 1. The third kappa shape index (κ3) is 4.84. The number of carbonyl (C=O) groups excluding carboxylic acids is 1. The summed E-state index contributed by atoms with van der Waals surface area (Å²) in [6.07, 6.45) is 1.74. The molecule has 25 heavy (non-hydrogen) atoms. The smallest absolute Gasteiger partial charge is 0.256 e. The van der Waals surface area contributed by atoms with Crippen molar-refractivity contribution in [3.8, 4) is 5.75 Å². The Bertz CT molecular complexity index is 716. The van der Waals surface area contributed by atoms with Gasteiger partial charge in [-0.05, 0) is 18.2 Å². The number of ether oxygens (including phenoxy) is 1. The van der Waals surface area contributed by atoms with Gasteiger partial charge in [-0.3, -0.25) is 4.79 Å². The van der Waals surface area contributed by atoms with Gasteiger partial charge in [0.1, 0.15) is 5.75 Å². The summed E-state index contributed by atoms with van der Waals surface area (Å²) in [6, 6.07) is 14.9. The van der Waals surface area contributed by atoms with Gasteiger partial charge in [-0.15, -0.1) is 6.58 Å². The maximum atomic E-state index is 13.0. The van der Waals surface area contributed by atoms with Gasteiger partial charge in [-0.25, -0.2) is 0 Å². The van der Waals surface area contributed by atoms with Gasteiger partial charge in [0.25, 0.3) is 5.91 Å². The van der Waals surface area contributed by atoms with Gasteiger partial charge in [0.2, 0.25) is 0 Å². The lowest BCUT2D eigenvalue weighted by atomic mass is 10.1. The average molecular weight is 340 g/mol. The summed E-state index contributed by atoms with van der Waals surface area (Å²) in [5.74, 6) is 0.573. The topological polar surface area (TPSA) is 61.8 Å². The number of rotatable bonds is 9. The molecule has 0 fully saturated rings. The zero-order valence-corrected chi connectivity index (χ0v) is 14.4. The van der Waals surface area contributed by atoms with E-state index in [2.05, 4.69) is 11.9 Å². The maximum absolute atomic E-state index is 13.0. The highest BCUT2D eigenvalue weighted by atomic mass is 16.5. The van der Waals surface area contributed by atoms with Crippen LogP contribution in [0, 0.1) is 0 Å². The molecule has 0 saturated carbocycles. The van der Waals surface area contributed by atoms with Crippen molar-refractivity contribution in [3.05, 3.63) is 72.3 Å². The molecule has 0 bridgehead atoms. The van der Waals surface area contributed by atoms with Crippen molar-refractivity contribution in [1.29, 1.82) is 0 Å². The second-order valence-electron chi connectivity index (χ2n) is 5.48. The van der Waals surface area contributed by atoms with Gasteiger partial charge in [0, 0.05) is 30.9 Å². The minimum Gasteiger partial charge on any atom is -0.496 e. The zero-order chi connectivity index (χ0) is 18.1. The second-order valence-corrected chi connectivity index (χ2v) is 5.48. The van der Waals surface area contributed by atoms with Crippen molar-refractivity contribution in [3.63, 3.8) is 0 Å². The molecule has 132 valence electrons. The Morgan fingerprint density at radius 3 is 2.68 bits per heavy atom. The van der Waals surface area contributed by atoms with Crippen molar-refractivity contribution in [2.24, 2.45) is 0 Å². The summed E-state index contributed by atoms with van der Waals surface area (Å²) in [5, 5.41) is 12.6. The van der Waals surface area contributed by atoms with Crippen LogP contribution in [-0.4, -0.2) is 42.7 Å². The number of para-hydroxylation sites is 2. The molecular weight excluding hydrogens is 316 g/mol. The number of amides is 1. The SMILES string of the molecule is C=CCNc1ccccc1C(=O)N(CCO)Cc1ccccc1OC. The molecule has 2 N–H and O–H groups in total. The Labute approximate surface area is 148 Å². The van der Waals surface area contributed by atoms with Gasteiger partial charge in [0.05, 0.1) is 19.3 Å². The Morgan fingerprint density at radius 2 is 1.96 bits per heavy atom. The third-order valence-electron chi connectivity index (χ3n) is 3.81. The molecule has 0 atom stereocenters. The van der Waals surface area contributed by atoms with Crippen molar-refractivity contribution in [2.75, 3.05) is 32.1 Å². The first kappa shape index (κ1) is 18.5. The van der Waals surface area contributed by atoms with E-state index in [4.69, 9.17) is 4.74 Å². The second kappa shape index (κ2) is 9.49. The lowest BCUT2D eigenvalue weighted by Gasteiger charge is -2.24. The Kier molecular flexibility index (Phi) is 7.04. The molecule has 0 spiro atoms. The van der Waals surface area contributed by atoms with Crippen LogP contribution in [0.4, 0.5) is 5.69 Å². The first-order valence-electron chi connectivity index (χ1n) is 8.17. The summed E-state index contributed by atoms with van der Waals surface area (Å²) >= 11 is 0. The highest BCUT2D eigenvalue weighted by Gasteiger charge is 2.19. The van der Waals surface area contributed by atoms with E-state index in [1.807, 2.05) is 42.5 Å². The monoisotopic (exact) mass is 340 g/mol. The van der Waals surface area contributed by atoms with Gasteiger partial charge < -0.3 is 20.1 Å². The predicted molar refractivity (Wildman–Crippen MR) is 99.9 cm³/mol. The third-order valence-corrected chi connectivity index (χ3v) is 3.81. The molecule has 0 saturated heterocycles. The number of nitrogens with one attached hydrogen (secondary N) is 1. The number of hydrogen-bond acceptors (Lipinski definition) is 4. The molecule has 0 aliphatic rings. The van der Waals surface area contributed by atoms with Crippen LogP contribution in [0.1, 0.15) is 15.9 Å². The minimum absolute atomic E-state index is 0.108. The summed E-state index contributed by atoms with van der Waals surface area (Å²) in [4.78, 5) is 14.6. The fourth-order valence-electron chi connectivity index (χ4n) is 2.59. The first-order chi connectivity index (χ1) is 12.2. The van der Waals surface area contributed by atoms with Crippen LogP contribution in [0.2, 0.25) is 0 Å². The molecular formula is C20H24N2O3. The van der Waals surface area contributed by atoms with Crippen molar-refractivity contribution < 1.29 is 14.6 Å². The van der Waals surface area contributed by atoms with Gasteiger partial charge in [-0.1, -0.05) is 36.4 Å². The number of aliphatic hydroxyl groups excluding tert-OH is 1. The predicted octanol–water partition coefficient (Wildman–Crippen LogP) is 2.93. The summed E-state index contributed by atoms with van der Waals surface area (Å²) in [5.41, 5.74) is 2.20. The van der Waals surface area contributed by atoms with E-state index in [0.29, 0.717) is 18.7 Å². The molecule has 0 aliphatic carbocycles. The molecule has 0 aromatic heterocycles. The van der Waals surface area contributed by atoms with E-state index in [1.165, 1.54) is 0 Å². The standard InChI is InChI=1S/C20H24N2O3/c1-3-12-21-18-10-6-5-9-17(18)20(24)22(13-14-23)15-16-8-4-7-11-19(16)25-2/h3-11,21,23H,1,12-15H2,2H3. The Hall–Kier alpha value is -2.79. The quantitative estimate of drug-likeness (QED) is 0.689. The summed E-state index contributed by atoms with van der Waals surface area (Å²) in [6.45, 7) is 4.75. The molecule has 2 aromatic carbocycles. The van der Waals surface area contributed by atoms with Crippen LogP contribution in [-0.2, 0) is 6.54 Å². The van der Waals surface area contributed by atoms with Crippen LogP contribution in [0.3, 0.4) is 0 Å². The highest BCUT2D eigenvalue weighted by molar-refractivity contribution is 5.99. The van der Waals surface area contributed by atoms with E-state index in [9.17, 15) is 9.90 Å². The van der Waals surface area contributed by atoms with Crippen LogP contribution in [0.25, 0.3) is 0 Å². The van der Waals surface area contributed by atoms with Gasteiger partial charge in [-0.2, -0.15) is 0 Å². The number of nitrogens with zero attached hydrogens (tertiary/aromatic N) is 1. The fraction of sp³-hybridized carbons (Fsp3) is 0.250. The molecule has 2 aromatic rings.